The van der Waals surface area contributed by atoms with Gasteiger partial charge in [-0.05, 0) is 25.0 Å². The van der Waals surface area contributed by atoms with Crippen molar-refractivity contribution in [1.82, 2.24) is 0 Å². The predicted molar refractivity (Wildman–Crippen MR) is 69.7 cm³/mol. The fraction of sp³-hybridized carbons (Fsp3) is 0.417. The van der Waals surface area contributed by atoms with Crippen LogP contribution in [0, 0.1) is 11.6 Å². The van der Waals surface area contributed by atoms with Crippen LogP contribution in [-0.4, -0.2) is 29.3 Å². The number of anilines is 1. The standard InChI is InChI=1S/C12H14F2N2OS/c13-10-8(12(15)18)3-4-9(11(10)14)16(5-6-17)7-1-2-7/h3-4,7,17H,1-2,5-6H2,(H2,15,18). The van der Waals surface area contributed by atoms with Crippen LogP contribution in [0.1, 0.15) is 18.4 Å². The highest BCUT2D eigenvalue weighted by atomic mass is 32.1. The van der Waals surface area contributed by atoms with Gasteiger partial charge in [-0.2, -0.15) is 0 Å². The molecule has 3 N–H and O–H groups in total. The Bertz CT molecular complexity index is 477. The monoisotopic (exact) mass is 272 g/mol. The molecule has 0 amide bonds. The summed E-state index contributed by atoms with van der Waals surface area (Å²) in [6, 6.07) is 3.02. The molecule has 0 atom stereocenters. The van der Waals surface area contributed by atoms with Gasteiger partial charge in [-0.1, -0.05) is 12.2 Å². The number of nitrogens with zero attached hydrogens (tertiary/aromatic N) is 1. The average molecular weight is 272 g/mol. The second-order valence-corrected chi connectivity index (χ2v) is 4.71. The number of thiocarbonyl (C=S) groups is 1. The Labute approximate surface area is 109 Å². The van der Waals surface area contributed by atoms with E-state index in [1.165, 1.54) is 12.1 Å². The molecule has 0 aromatic heterocycles. The summed E-state index contributed by atoms with van der Waals surface area (Å²) >= 11 is 4.65. The zero-order valence-corrected chi connectivity index (χ0v) is 10.5. The minimum absolute atomic E-state index is 0.0917. The minimum Gasteiger partial charge on any atom is -0.395 e. The van der Waals surface area contributed by atoms with Crippen molar-refractivity contribution in [2.24, 2.45) is 5.73 Å². The van der Waals surface area contributed by atoms with Gasteiger partial charge in [0.15, 0.2) is 11.6 Å². The molecular weight excluding hydrogens is 258 g/mol. The van der Waals surface area contributed by atoms with Crippen LogP contribution in [0.5, 0.6) is 0 Å². The molecule has 1 aromatic rings. The van der Waals surface area contributed by atoms with Crippen LogP contribution < -0.4 is 10.6 Å². The summed E-state index contributed by atoms with van der Waals surface area (Å²) in [6.07, 6.45) is 1.86. The Kier molecular flexibility index (Phi) is 3.77. The van der Waals surface area contributed by atoms with Crippen molar-refractivity contribution >= 4 is 22.9 Å². The van der Waals surface area contributed by atoms with E-state index in [-0.39, 0.29) is 35.4 Å². The van der Waals surface area contributed by atoms with E-state index < -0.39 is 11.6 Å². The lowest BCUT2D eigenvalue weighted by atomic mass is 10.1. The normalized spacial score (nSPS) is 14.6. The quantitative estimate of drug-likeness (QED) is 0.799. The molecule has 2 rings (SSSR count). The summed E-state index contributed by atoms with van der Waals surface area (Å²) in [5.41, 5.74) is 5.38. The molecule has 1 aliphatic carbocycles. The van der Waals surface area contributed by atoms with Crippen molar-refractivity contribution in [3.8, 4) is 0 Å². The van der Waals surface area contributed by atoms with Gasteiger partial charge in [0.2, 0.25) is 0 Å². The minimum atomic E-state index is -1.02. The lowest BCUT2D eigenvalue weighted by molar-refractivity contribution is 0.300. The number of aliphatic hydroxyl groups excluding tert-OH is 1. The average Bonchev–Trinajstić information content (AvgIpc) is 3.14. The van der Waals surface area contributed by atoms with E-state index in [9.17, 15) is 8.78 Å². The molecule has 0 aliphatic heterocycles. The van der Waals surface area contributed by atoms with E-state index in [0.29, 0.717) is 0 Å². The van der Waals surface area contributed by atoms with Crippen LogP contribution >= 0.6 is 12.2 Å². The van der Waals surface area contributed by atoms with Crippen molar-refractivity contribution < 1.29 is 13.9 Å². The van der Waals surface area contributed by atoms with E-state index in [2.05, 4.69) is 12.2 Å². The highest BCUT2D eigenvalue weighted by Crippen LogP contribution is 2.34. The molecule has 0 bridgehead atoms. The summed E-state index contributed by atoms with van der Waals surface area (Å²) < 4.78 is 27.7. The second-order valence-electron chi connectivity index (χ2n) is 4.27. The molecular formula is C12H14F2N2OS. The Morgan fingerprint density at radius 2 is 2.06 bits per heavy atom. The van der Waals surface area contributed by atoms with Crippen molar-refractivity contribution in [3.63, 3.8) is 0 Å². The van der Waals surface area contributed by atoms with Gasteiger partial charge < -0.3 is 15.7 Å². The van der Waals surface area contributed by atoms with Crippen LogP contribution in [0.15, 0.2) is 12.1 Å². The highest BCUT2D eigenvalue weighted by Gasteiger charge is 2.31. The Morgan fingerprint density at radius 3 is 2.56 bits per heavy atom. The van der Waals surface area contributed by atoms with E-state index in [4.69, 9.17) is 10.8 Å². The Balaban J connectivity index is 2.38. The molecule has 0 heterocycles. The van der Waals surface area contributed by atoms with Crippen molar-refractivity contribution in [2.75, 3.05) is 18.1 Å². The maximum Gasteiger partial charge on any atom is 0.182 e. The van der Waals surface area contributed by atoms with Gasteiger partial charge in [0.1, 0.15) is 4.99 Å². The van der Waals surface area contributed by atoms with Gasteiger partial charge in [0.05, 0.1) is 12.3 Å². The second kappa shape index (κ2) is 5.16. The first-order valence-electron chi connectivity index (χ1n) is 5.71. The molecule has 0 spiro atoms. The number of rotatable bonds is 5. The largest absolute Gasteiger partial charge is 0.395 e. The number of halogens is 2. The smallest absolute Gasteiger partial charge is 0.182 e. The molecule has 3 nitrogen and oxygen atoms in total. The van der Waals surface area contributed by atoms with Crippen molar-refractivity contribution in [1.29, 1.82) is 0 Å². The zero-order valence-electron chi connectivity index (χ0n) is 9.70. The molecule has 98 valence electrons. The summed E-state index contributed by atoms with van der Waals surface area (Å²) in [7, 11) is 0. The van der Waals surface area contributed by atoms with Gasteiger partial charge in [-0.25, -0.2) is 8.78 Å². The third-order valence-electron chi connectivity index (χ3n) is 2.97. The molecule has 0 unspecified atom stereocenters. The van der Waals surface area contributed by atoms with E-state index in [1.54, 1.807) is 4.90 Å². The van der Waals surface area contributed by atoms with Crippen LogP contribution in [0.25, 0.3) is 0 Å². The maximum atomic E-state index is 14.0. The SMILES string of the molecule is NC(=S)c1ccc(N(CCO)C2CC2)c(F)c1F. The number of hydrogen-bond donors (Lipinski definition) is 2. The molecule has 0 saturated heterocycles. The molecule has 0 radical (unpaired) electrons. The molecule has 6 heteroatoms. The molecule has 18 heavy (non-hydrogen) atoms. The lowest BCUT2D eigenvalue weighted by Crippen LogP contribution is -2.30. The topological polar surface area (TPSA) is 49.5 Å². The molecule has 1 aliphatic rings. The van der Waals surface area contributed by atoms with Crippen LogP contribution in [-0.2, 0) is 0 Å². The lowest BCUT2D eigenvalue weighted by Gasteiger charge is -2.24. The first kappa shape index (κ1) is 13.2. The Hall–Kier alpha value is -1.27. The number of benzene rings is 1. The highest BCUT2D eigenvalue weighted by molar-refractivity contribution is 7.80. The third kappa shape index (κ3) is 2.44. The first-order chi connectivity index (χ1) is 8.56. The van der Waals surface area contributed by atoms with Gasteiger partial charge in [-0.3, -0.25) is 0 Å². The zero-order chi connectivity index (χ0) is 13.3. The predicted octanol–water partition coefficient (Wildman–Crippen LogP) is 1.56. The molecule has 1 saturated carbocycles. The van der Waals surface area contributed by atoms with Crippen LogP contribution in [0.2, 0.25) is 0 Å². The van der Waals surface area contributed by atoms with Gasteiger partial charge in [0, 0.05) is 18.2 Å². The number of aliphatic hydroxyl groups is 1. The fourth-order valence-corrected chi connectivity index (χ4v) is 2.10. The maximum absolute atomic E-state index is 14.0. The number of nitrogens with two attached hydrogens (primary N) is 1. The fourth-order valence-electron chi connectivity index (χ4n) is 1.95. The molecule has 1 aromatic carbocycles. The van der Waals surface area contributed by atoms with Gasteiger partial charge in [-0.15, -0.1) is 0 Å². The van der Waals surface area contributed by atoms with Crippen LogP contribution in [0.3, 0.4) is 0 Å². The van der Waals surface area contributed by atoms with Gasteiger partial charge in [0.25, 0.3) is 0 Å². The summed E-state index contributed by atoms with van der Waals surface area (Å²) in [4.78, 5) is 1.51. The number of hydrogen-bond acceptors (Lipinski definition) is 3. The van der Waals surface area contributed by atoms with Crippen LogP contribution in [0.4, 0.5) is 14.5 Å². The van der Waals surface area contributed by atoms with Crippen molar-refractivity contribution in [2.45, 2.75) is 18.9 Å². The summed E-state index contributed by atoms with van der Waals surface area (Å²) in [6.45, 7) is 0.183. The summed E-state index contributed by atoms with van der Waals surface area (Å²) in [5.74, 6) is -1.98. The van der Waals surface area contributed by atoms with E-state index in [0.717, 1.165) is 12.8 Å². The third-order valence-corrected chi connectivity index (χ3v) is 3.19. The summed E-state index contributed by atoms with van der Waals surface area (Å²) in [5, 5.41) is 8.98. The molecule has 1 fully saturated rings. The van der Waals surface area contributed by atoms with E-state index >= 15 is 0 Å². The van der Waals surface area contributed by atoms with Gasteiger partial charge >= 0.3 is 0 Å². The van der Waals surface area contributed by atoms with Crippen molar-refractivity contribution in [3.05, 3.63) is 29.3 Å². The first-order valence-corrected chi connectivity index (χ1v) is 6.12. The van der Waals surface area contributed by atoms with E-state index in [1.807, 2.05) is 0 Å². The Morgan fingerprint density at radius 1 is 1.39 bits per heavy atom.